The molecule has 1 aromatic heterocycles. The molecule has 0 saturated carbocycles. The van der Waals surface area contributed by atoms with Crippen molar-refractivity contribution in [3.05, 3.63) is 45.8 Å². The van der Waals surface area contributed by atoms with Crippen molar-refractivity contribution in [2.24, 2.45) is 0 Å². The number of nitrogen functional groups attached to an aromatic ring is 1. The number of aromatic nitrogens is 2. The van der Waals surface area contributed by atoms with Gasteiger partial charge in [0, 0.05) is 4.47 Å². The van der Waals surface area contributed by atoms with Crippen molar-refractivity contribution in [2.75, 3.05) is 11.2 Å². The van der Waals surface area contributed by atoms with E-state index in [2.05, 4.69) is 36.7 Å². The summed E-state index contributed by atoms with van der Waals surface area (Å²) in [7, 11) is 0. The zero-order valence-electron chi connectivity index (χ0n) is 9.52. The highest BCUT2D eigenvalue weighted by molar-refractivity contribution is 9.10. The van der Waals surface area contributed by atoms with E-state index < -0.39 is 0 Å². The minimum Gasteiger partial charge on any atom is -0.393 e. The lowest BCUT2D eigenvalue weighted by Crippen LogP contribution is -2.30. The quantitative estimate of drug-likeness (QED) is 0.587. The highest BCUT2D eigenvalue weighted by Crippen LogP contribution is 2.21. The summed E-state index contributed by atoms with van der Waals surface area (Å²) in [6.45, 7) is 0. The molecular weight excluding hydrogens is 334 g/mol. The Labute approximate surface area is 122 Å². The summed E-state index contributed by atoms with van der Waals surface area (Å²) >= 11 is 9.02. The van der Waals surface area contributed by atoms with E-state index in [-0.39, 0.29) is 22.6 Å². The maximum Gasteiger partial charge on any atom is 0.270 e. The number of anilines is 2. The van der Waals surface area contributed by atoms with Crippen LogP contribution in [0.5, 0.6) is 0 Å². The van der Waals surface area contributed by atoms with Crippen molar-refractivity contribution in [1.29, 1.82) is 0 Å². The molecule has 1 aromatic carbocycles. The van der Waals surface area contributed by atoms with Crippen LogP contribution in [0, 0.1) is 0 Å². The summed E-state index contributed by atoms with van der Waals surface area (Å²) in [4.78, 5) is 19.5. The summed E-state index contributed by atoms with van der Waals surface area (Å²) in [5.41, 5.74) is 11.4. The van der Waals surface area contributed by atoms with E-state index in [1.54, 1.807) is 18.2 Å². The maximum atomic E-state index is 11.9. The number of carbonyl (C=O) groups excluding carboxylic acids is 1. The lowest BCUT2D eigenvalue weighted by molar-refractivity contribution is 0.0962. The van der Waals surface area contributed by atoms with Gasteiger partial charge in [0.05, 0.1) is 5.56 Å². The van der Waals surface area contributed by atoms with Crippen LogP contribution in [0.1, 0.15) is 10.4 Å². The Morgan fingerprint density at radius 2 is 2.05 bits per heavy atom. The average molecular weight is 343 g/mol. The van der Waals surface area contributed by atoms with Crippen molar-refractivity contribution < 1.29 is 4.79 Å². The summed E-state index contributed by atoms with van der Waals surface area (Å²) < 4.78 is 0.683. The van der Waals surface area contributed by atoms with Crippen molar-refractivity contribution >= 4 is 44.9 Å². The molecule has 0 spiro atoms. The SMILES string of the molecule is Nc1c(Cl)ncnc1NNC(=O)c1ccccc1Br. The van der Waals surface area contributed by atoms with Crippen LogP contribution >= 0.6 is 27.5 Å². The number of halogens is 2. The van der Waals surface area contributed by atoms with Gasteiger partial charge in [-0.05, 0) is 28.1 Å². The van der Waals surface area contributed by atoms with Crippen LogP contribution < -0.4 is 16.6 Å². The molecule has 1 heterocycles. The fourth-order valence-electron chi connectivity index (χ4n) is 1.30. The van der Waals surface area contributed by atoms with Gasteiger partial charge in [0.1, 0.15) is 12.0 Å². The van der Waals surface area contributed by atoms with Crippen molar-refractivity contribution in [3.63, 3.8) is 0 Å². The van der Waals surface area contributed by atoms with Gasteiger partial charge in [-0.25, -0.2) is 9.97 Å². The maximum absolute atomic E-state index is 11.9. The predicted octanol–water partition coefficient (Wildman–Crippen LogP) is 2.23. The Kier molecular flexibility index (Phi) is 4.18. The summed E-state index contributed by atoms with van der Waals surface area (Å²) in [6.07, 6.45) is 1.24. The second kappa shape index (κ2) is 5.85. The predicted molar refractivity (Wildman–Crippen MR) is 76.7 cm³/mol. The molecule has 6 nitrogen and oxygen atoms in total. The summed E-state index contributed by atoms with van der Waals surface area (Å²) in [5, 5.41) is 0.118. The minimum atomic E-state index is -0.332. The molecule has 1 amide bonds. The van der Waals surface area contributed by atoms with E-state index in [4.69, 9.17) is 17.3 Å². The fraction of sp³-hybridized carbons (Fsp3) is 0. The average Bonchev–Trinajstić information content (AvgIpc) is 2.40. The number of nitrogens with two attached hydrogens (primary N) is 1. The first kappa shape index (κ1) is 13.6. The number of hydrazine groups is 1. The minimum absolute atomic E-state index is 0.118. The zero-order chi connectivity index (χ0) is 13.8. The molecule has 0 saturated heterocycles. The normalized spacial score (nSPS) is 10.0. The van der Waals surface area contributed by atoms with Gasteiger partial charge in [-0.15, -0.1) is 0 Å². The molecule has 8 heteroatoms. The number of amides is 1. The molecule has 0 radical (unpaired) electrons. The molecule has 0 aliphatic rings. The zero-order valence-corrected chi connectivity index (χ0v) is 11.9. The van der Waals surface area contributed by atoms with Gasteiger partial charge in [0.15, 0.2) is 11.0 Å². The first-order chi connectivity index (χ1) is 9.09. The molecule has 0 aliphatic carbocycles. The molecule has 0 bridgehead atoms. The summed E-state index contributed by atoms with van der Waals surface area (Å²) in [5.74, 6) is -0.0954. The largest absolute Gasteiger partial charge is 0.393 e. The van der Waals surface area contributed by atoms with Crippen LogP contribution in [-0.2, 0) is 0 Å². The first-order valence-electron chi connectivity index (χ1n) is 5.16. The van der Waals surface area contributed by atoms with Crippen LogP contribution in [0.15, 0.2) is 35.1 Å². The van der Waals surface area contributed by atoms with Crippen LogP contribution in [0.2, 0.25) is 5.15 Å². The van der Waals surface area contributed by atoms with E-state index in [0.717, 1.165) is 0 Å². The van der Waals surface area contributed by atoms with E-state index in [9.17, 15) is 4.79 Å². The van der Waals surface area contributed by atoms with Crippen molar-refractivity contribution in [2.45, 2.75) is 0 Å². The number of nitrogens with zero attached hydrogens (tertiary/aromatic N) is 2. The van der Waals surface area contributed by atoms with Gasteiger partial charge >= 0.3 is 0 Å². The molecule has 98 valence electrons. The molecule has 0 aliphatic heterocycles. The number of hydrogen-bond donors (Lipinski definition) is 3. The molecule has 2 rings (SSSR count). The molecule has 4 N–H and O–H groups in total. The van der Waals surface area contributed by atoms with Gasteiger partial charge in [-0.2, -0.15) is 0 Å². The van der Waals surface area contributed by atoms with Crippen LogP contribution in [-0.4, -0.2) is 15.9 Å². The van der Waals surface area contributed by atoms with Crippen molar-refractivity contribution in [1.82, 2.24) is 15.4 Å². The Balaban J connectivity index is 2.09. The smallest absolute Gasteiger partial charge is 0.270 e. The highest BCUT2D eigenvalue weighted by Gasteiger charge is 2.10. The van der Waals surface area contributed by atoms with E-state index in [0.29, 0.717) is 10.0 Å². The Bertz CT molecular complexity index is 622. The number of rotatable bonds is 3. The number of benzene rings is 1. The number of hydrogen-bond acceptors (Lipinski definition) is 5. The topological polar surface area (TPSA) is 92.9 Å². The van der Waals surface area contributed by atoms with E-state index >= 15 is 0 Å². The molecule has 0 atom stereocenters. The highest BCUT2D eigenvalue weighted by atomic mass is 79.9. The third-order valence-corrected chi connectivity index (χ3v) is 3.24. The number of carbonyl (C=O) groups is 1. The molecule has 19 heavy (non-hydrogen) atoms. The van der Waals surface area contributed by atoms with Gasteiger partial charge in [-0.3, -0.25) is 15.6 Å². The molecular formula is C11H9BrClN5O. The first-order valence-corrected chi connectivity index (χ1v) is 6.33. The van der Waals surface area contributed by atoms with Crippen LogP contribution in [0.25, 0.3) is 0 Å². The third-order valence-electron chi connectivity index (χ3n) is 2.25. The lowest BCUT2D eigenvalue weighted by atomic mass is 10.2. The monoisotopic (exact) mass is 341 g/mol. The van der Waals surface area contributed by atoms with Gasteiger partial charge in [0.25, 0.3) is 5.91 Å². The summed E-state index contributed by atoms with van der Waals surface area (Å²) in [6, 6.07) is 7.02. The molecule has 0 fully saturated rings. The second-order valence-electron chi connectivity index (χ2n) is 3.49. The van der Waals surface area contributed by atoms with Crippen molar-refractivity contribution in [3.8, 4) is 0 Å². The van der Waals surface area contributed by atoms with E-state index in [1.165, 1.54) is 6.33 Å². The lowest BCUT2D eigenvalue weighted by Gasteiger charge is -2.10. The second-order valence-corrected chi connectivity index (χ2v) is 4.70. The van der Waals surface area contributed by atoms with E-state index in [1.807, 2.05) is 6.07 Å². The Morgan fingerprint density at radius 1 is 1.32 bits per heavy atom. The Morgan fingerprint density at radius 3 is 2.79 bits per heavy atom. The standard InChI is InChI=1S/C11H9BrClN5O/c12-7-4-2-1-3-6(7)11(19)18-17-10-8(14)9(13)15-5-16-10/h1-5H,14H2,(H,18,19)(H,15,16,17). The van der Waals surface area contributed by atoms with Gasteiger partial charge in [-0.1, -0.05) is 23.7 Å². The van der Waals surface area contributed by atoms with Gasteiger partial charge < -0.3 is 5.73 Å². The van der Waals surface area contributed by atoms with Gasteiger partial charge in [0.2, 0.25) is 0 Å². The van der Waals surface area contributed by atoms with Crippen LogP contribution in [0.4, 0.5) is 11.5 Å². The van der Waals surface area contributed by atoms with Crippen LogP contribution in [0.3, 0.4) is 0 Å². The Hall–Kier alpha value is -1.86. The third kappa shape index (κ3) is 3.12. The number of nitrogens with one attached hydrogen (secondary N) is 2. The molecule has 2 aromatic rings. The fourth-order valence-corrected chi connectivity index (χ4v) is 1.90. The molecule has 0 unspecified atom stereocenters.